The lowest BCUT2D eigenvalue weighted by Gasteiger charge is -2.21. The molecule has 1 saturated heterocycles. The summed E-state index contributed by atoms with van der Waals surface area (Å²) in [5, 5.41) is 7.04. The van der Waals surface area contributed by atoms with Gasteiger partial charge in [-0.2, -0.15) is 5.10 Å². The van der Waals surface area contributed by atoms with Crippen LogP contribution in [-0.4, -0.2) is 43.6 Å². The Bertz CT molecular complexity index is 911. The first-order valence-electron chi connectivity index (χ1n) is 8.59. The molecule has 1 aliphatic rings. The van der Waals surface area contributed by atoms with Gasteiger partial charge in [0.25, 0.3) is 0 Å². The Morgan fingerprint density at radius 3 is 3.04 bits per heavy atom. The highest BCUT2D eigenvalue weighted by atomic mass is 16.2. The molecule has 1 amide bonds. The number of nitrogens with zero attached hydrogens (tertiary/aromatic N) is 4. The number of para-hydroxylation sites is 1. The minimum absolute atomic E-state index is 0.0436. The quantitative estimate of drug-likeness (QED) is 0.765. The predicted octanol–water partition coefficient (Wildman–Crippen LogP) is 2.38. The maximum atomic E-state index is 12.3. The van der Waals surface area contributed by atoms with Crippen LogP contribution < -0.4 is 5.32 Å². The van der Waals surface area contributed by atoms with Crippen molar-refractivity contribution >= 4 is 22.8 Å². The summed E-state index contributed by atoms with van der Waals surface area (Å²) >= 11 is 0. The van der Waals surface area contributed by atoms with Crippen molar-refractivity contribution < 1.29 is 4.79 Å². The zero-order chi connectivity index (χ0) is 17.4. The zero-order valence-corrected chi connectivity index (χ0v) is 14.5. The maximum Gasteiger partial charge on any atom is 0.239 e. The summed E-state index contributed by atoms with van der Waals surface area (Å²) in [5.41, 5.74) is 3.24. The number of aryl methyl sites for hydroxylation is 2. The summed E-state index contributed by atoms with van der Waals surface area (Å²) in [6.07, 6.45) is 3.89. The maximum absolute atomic E-state index is 12.3. The van der Waals surface area contributed by atoms with E-state index in [9.17, 15) is 4.79 Å². The first-order valence-corrected chi connectivity index (χ1v) is 8.59. The topological polar surface area (TPSA) is 78.8 Å². The lowest BCUT2D eigenvalue weighted by molar-refractivity contribution is -0.117. The average molecular weight is 338 g/mol. The molecule has 0 bridgehead atoms. The highest BCUT2D eigenvalue weighted by Gasteiger charge is 2.30. The van der Waals surface area contributed by atoms with Crippen molar-refractivity contribution in [2.45, 2.75) is 25.8 Å². The van der Waals surface area contributed by atoms with Gasteiger partial charge in [-0.3, -0.25) is 14.4 Å². The summed E-state index contributed by atoms with van der Waals surface area (Å²) < 4.78 is 1.67. The Morgan fingerprint density at radius 2 is 2.28 bits per heavy atom. The van der Waals surface area contributed by atoms with Crippen LogP contribution >= 0.6 is 0 Å². The van der Waals surface area contributed by atoms with E-state index in [-0.39, 0.29) is 11.9 Å². The Morgan fingerprint density at radius 1 is 1.40 bits per heavy atom. The van der Waals surface area contributed by atoms with Crippen molar-refractivity contribution in [3.63, 3.8) is 0 Å². The molecular weight excluding hydrogens is 316 g/mol. The number of aromatic amines is 1. The molecule has 1 fully saturated rings. The third-order valence-corrected chi connectivity index (χ3v) is 4.74. The molecule has 1 atom stereocenters. The molecule has 0 spiro atoms. The van der Waals surface area contributed by atoms with Gasteiger partial charge in [-0.25, -0.2) is 4.98 Å². The molecular formula is C18H22N6O. The third-order valence-electron chi connectivity index (χ3n) is 4.74. The number of hydrogen-bond acceptors (Lipinski definition) is 4. The zero-order valence-electron chi connectivity index (χ0n) is 14.5. The molecule has 3 heterocycles. The number of fused-ring (bicyclic) bond motifs is 1. The Hall–Kier alpha value is -2.67. The van der Waals surface area contributed by atoms with Crippen LogP contribution in [0.15, 0.2) is 30.5 Å². The van der Waals surface area contributed by atoms with E-state index < -0.39 is 0 Å². The molecule has 0 aliphatic carbocycles. The van der Waals surface area contributed by atoms with Gasteiger partial charge in [0.2, 0.25) is 5.91 Å². The predicted molar refractivity (Wildman–Crippen MR) is 96.2 cm³/mol. The molecule has 1 aromatic carbocycles. The van der Waals surface area contributed by atoms with Crippen LogP contribution in [0.4, 0.5) is 5.82 Å². The van der Waals surface area contributed by atoms with Crippen LogP contribution in [0.2, 0.25) is 0 Å². The molecule has 2 aromatic heterocycles. The van der Waals surface area contributed by atoms with Crippen molar-refractivity contribution in [2.24, 2.45) is 7.05 Å². The minimum Gasteiger partial charge on any atom is -0.341 e. The lowest BCUT2D eigenvalue weighted by atomic mass is 10.2. The van der Waals surface area contributed by atoms with Crippen molar-refractivity contribution in [3.05, 3.63) is 41.9 Å². The summed E-state index contributed by atoms with van der Waals surface area (Å²) in [5.74, 6) is 1.49. The number of imidazole rings is 1. The first kappa shape index (κ1) is 15.8. The smallest absolute Gasteiger partial charge is 0.239 e. The van der Waals surface area contributed by atoms with Gasteiger partial charge in [0.05, 0.1) is 23.6 Å². The number of amides is 1. The third kappa shape index (κ3) is 3.15. The number of anilines is 1. The number of H-pyrrole nitrogens is 1. The SMILES string of the molecule is Cc1cccc2[nH]c(C3CCCN3CC(=O)Nc3ccn(C)n3)nc12. The monoisotopic (exact) mass is 338 g/mol. The van der Waals surface area contributed by atoms with Crippen molar-refractivity contribution in [1.82, 2.24) is 24.6 Å². The summed E-state index contributed by atoms with van der Waals surface area (Å²) in [6.45, 7) is 3.31. The number of benzene rings is 1. The molecule has 0 radical (unpaired) electrons. The van der Waals surface area contributed by atoms with Crippen LogP contribution in [-0.2, 0) is 11.8 Å². The van der Waals surface area contributed by atoms with E-state index in [1.165, 1.54) is 0 Å². The van der Waals surface area contributed by atoms with Gasteiger partial charge in [0.1, 0.15) is 5.82 Å². The van der Waals surface area contributed by atoms with Crippen molar-refractivity contribution in [3.8, 4) is 0 Å². The molecule has 3 aromatic rings. The number of carbonyl (C=O) groups is 1. The molecule has 7 nitrogen and oxygen atoms in total. The van der Waals surface area contributed by atoms with Gasteiger partial charge in [0.15, 0.2) is 5.82 Å². The highest BCUT2D eigenvalue weighted by molar-refractivity contribution is 5.91. The molecule has 130 valence electrons. The van der Waals surface area contributed by atoms with Crippen molar-refractivity contribution in [1.29, 1.82) is 0 Å². The van der Waals surface area contributed by atoms with E-state index in [4.69, 9.17) is 4.98 Å². The molecule has 25 heavy (non-hydrogen) atoms. The summed E-state index contributed by atoms with van der Waals surface area (Å²) in [4.78, 5) is 22.8. The normalized spacial score (nSPS) is 18.1. The second kappa shape index (κ2) is 6.33. The molecule has 1 unspecified atom stereocenters. The number of likely N-dealkylation sites (tertiary alicyclic amines) is 1. The van der Waals surface area contributed by atoms with E-state index >= 15 is 0 Å². The van der Waals surface area contributed by atoms with E-state index in [1.807, 2.05) is 25.4 Å². The van der Waals surface area contributed by atoms with Crippen LogP contribution in [0, 0.1) is 6.92 Å². The number of rotatable bonds is 4. The fraction of sp³-hybridized carbons (Fsp3) is 0.389. The molecule has 0 saturated carbocycles. The Kier molecular flexibility index (Phi) is 4.01. The number of carbonyl (C=O) groups excluding carboxylic acids is 1. The van der Waals surface area contributed by atoms with Gasteiger partial charge in [-0.15, -0.1) is 0 Å². The van der Waals surface area contributed by atoms with Crippen LogP contribution in [0.25, 0.3) is 11.0 Å². The van der Waals surface area contributed by atoms with E-state index in [1.54, 1.807) is 10.7 Å². The second-order valence-corrected chi connectivity index (χ2v) is 6.64. The number of nitrogens with one attached hydrogen (secondary N) is 2. The lowest BCUT2D eigenvalue weighted by Crippen LogP contribution is -2.33. The van der Waals surface area contributed by atoms with Crippen LogP contribution in [0.1, 0.15) is 30.3 Å². The highest BCUT2D eigenvalue weighted by Crippen LogP contribution is 2.31. The molecule has 2 N–H and O–H groups in total. The van der Waals surface area contributed by atoms with Crippen LogP contribution in [0.5, 0.6) is 0 Å². The van der Waals surface area contributed by atoms with E-state index in [0.717, 1.165) is 41.8 Å². The number of aromatic nitrogens is 4. The second-order valence-electron chi connectivity index (χ2n) is 6.64. The Labute approximate surface area is 146 Å². The standard InChI is InChI=1S/C18H22N6O/c1-12-5-3-6-13-17(12)21-18(19-13)14-7-4-9-24(14)11-16(25)20-15-8-10-23(2)22-15/h3,5-6,8,10,14H,4,7,9,11H2,1-2H3,(H,19,21)(H,20,22,25). The molecule has 4 rings (SSSR count). The van der Waals surface area contributed by atoms with E-state index in [2.05, 4.69) is 33.3 Å². The summed E-state index contributed by atoms with van der Waals surface area (Å²) in [6, 6.07) is 8.10. The van der Waals surface area contributed by atoms with Gasteiger partial charge >= 0.3 is 0 Å². The molecule has 7 heteroatoms. The first-order chi connectivity index (χ1) is 12.1. The van der Waals surface area contributed by atoms with Crippen molar-refractivity contribution in [2.75, 3.05) is 18.4 Å². The fourth-order valence-corrected chi connectivity index (χ4v) is 3.53. The number of hydrogen-bond donors (Lipinski definition) is 2. The minimum atomic E-state index is -0.0436. The van der Waals surface area contributed by atoms with Crippen LogP contribution in [0.3, 0.4) is 0 Å². The van der Waals surface area contributed by atoms with Gasteiger partial charge in [-0.1, -0.05) is 12.1 Å². The molecule has 1 aliphatic heterocycles. The van der Waals surface area contributed by atoms with Gasteiger partial charge in [-0.05, 0) is 37.9 Å². The van der Waals surface area contributed by atoms with Gasteiger partial charge < -0.3 is 10.3 Å². The average Bonchev–Trinajstić information content (AvgIpc) is 3.27. The summed E-state index contributed by atoms with van der Waals surface area (Å²) in [7, 11) is 1.83. The fourth-order valence-electron chi connectivity index (χ4n) is 3.53. The largest absolute Gasteiger partial charge is 0.341 e. The Balaban J connectivity index is 1.49. The van der Waals surface area contributed by atoms with Gasteiger partial charge in [0, 0.05) is 19.3 Å². The van der Waals surface area contributed by atoms with E-state index in [0.29, 0.717) is 12.4 Å².